The molecule has 2 rings (SSSR count). The minimum atomic E-state index is -0.756. The lowest BCUT2D eigenvalue weighted by atomic mass is 9.95. The summed E-state index contributed by atoms with van der Waals surface area (Å²) in [6.45, 7) is 7.38. The van der Waals surface area contributed by atoms with Gasteiger partial charge in [-0.2, -0.15) is 0 Å². The molecule has 1 saturated carbocycles. The Kier molecular flexibility index (Phi) is 5.28. The van der Waals surface area contributed by atoms with Crippen LogP contribution in [0.1, 0.15) is 39.5 Å². The summed E-state index contributed by atoms with van der Waals surface area (Å²) in [6, 6.07) is 1.05. The molecule has 1 heterocycles. The number of nitrogens with zero attached hydrogens (tertiary/aromatic N) is 2. The number of carboxylic acids is 1. The molecule has 0 radical (unpaired) electrons. The van der Waals surface area contributed by atoms with Crippen LogP contribution in [0.4, 0.5) is 0 Å². The van der Waals surface area contributed by atoms with Crippen molar-refractivity contribution in [2.75, 3.05) is 33.7 Å². The Morgan fingerprint density at radius 2 is 2.05 bits per heavy atom. The molecule has 2 N–H and O–H groups in total. The van der Waals surface area contributed by atoms with Crippen molar-refractivity contribution in [3.05, 3.63) is 0 Å². The van der Waals surface area contributed by atoms with Crippen LogP contribution in [0, 0.1) is 5.92 Å². The maximum Gasteiger partial charge on any atom is 0.323 e. The molecule has 1 saturated heterocycles. The van der Waals surface area contributed by atoms with Crippen molar-refractivity contribution in [2.24, 2.45) is 5.92 Å². The lowest BCUT2D eigenvalue weighted by Gasteiger charge is -2.27. The van der Waals surface area contributed by atoms with Gasteiger partial charge in [0.25, 0.3) is 0 Å². The molecule has 0 aromatic heterocycles. The lowest BCUT2D eigenvalue weighted by Crippen LogP contribution is -2.50. The molecule has 1 aliphatic heterocycles. The Hall–Kier alpha value is -0.650. The summed E-state index contributed by atoms with van der Waals surface area (Å²) < 4.78 is 0. The van der Waals surface area contributed by atoms with Crippen molar-refractivity contribution in [2.45, 2.75) is 57.2 Å². The molecule has 122 valence electrons. The number of nitrogens with one attached hydrogen (secondary N) is 1. The maximum absolute atomic E-state index is 11.5. The third-order valence-electron chi connectivity index (χ3n) is 5.03. The summed E-state index contributed by atoms with van der Waals surface area (Å²) in [5, 5.41) is 12.8. The second kappa shape index (κ2) is 6.63. The smallest absolute Gasteiger partial charge is 0.323 e. The normalized spacial score (nSPS) is 29.8. The zero-order valence-electron chi connectivity index (χ0n) is 13.9. The molecule has 5 heteroatoms. The first kappa shape index (κ1) is 16.7. The summed E-state index contributed by atoms with van der Waals surface area (Å²) >= 11 is 0. The predicted molar refractivity (Wildman–Crippen MR) is 84.5 cm³/mol. The van der Waals surface area contributed by atoms with Gasteiger partial charge >= 0.3 is 5.97 Å². The summed E-state index contributed by atoms with van der Waals surface area (Å²) in [7, 11) is 4.29. The first-order valence-corrected chi connectivity index (χ1v) is 8.21. The zero-order chi connectivity index (χ0) is 15.6. The maximum atomic E-state index is 11.5. The van der Waals surface area contributed by atoms with Crippen LogP contribution in [0.2, 0.25) is 0 Å². The number of likely N-dealkylation sites (tertiary alicyclic amines) is 1. The number of carboxylic acid groups (broad SMARTS) is 1. The molecule has 1 aliphatic carbocycles. The Balaban J connectivity index is 1.76. The lowest BCUT2D eigenvalue weighted by molar-refractivity contribution is -0.144. The van der Waals surface area contributed by atoms with Gasteiger partial charge in [-0.1, -0.05) is 6.92 Å². The van der Waals surface area contributed by atoms with Gasteiger partial charge in [-0.25, -0.2) is 0 Å². The van der Waals surface area contributed by atoms with Crippen molar-refractivity contribution in [3.63, 3.8) is 0 Å². The average molecular weight is 297 g/mol. The van der Waals surface area contributed by atoms with E-state index < -0.39 is 11.5 Å². The number of rotatable bonds is 8. The number of hydrogen-bond donors (Lipinski definition) is 2. The average Bonchev–Trinajstić information content (AvgIpc) is 3.10. The Morgan fingerprint density at radius 3 is 2.52 bits per heavy atom. The fourth-order valence-corrected chi connectivity index (χ4v) is 3.48. The van der Waals surface area contributed by atoms with Crippen molar-refractivity contribution in [1.29, 1.82) is 0 Å². The first-order chi connectivity index (χ1) is 9.82. The van der Waals surface area contributed by atoms with E-state index in [1.807, 2.05) is 6.92 Å². The molecule has 0 amide bonds. The van der Waals surface area contributed by atoms with E-state index in [0.717, 1.165) is 38.9 Å². The fraction of sp³-hybridized carbons (Fsp3) is 0.938. The van der Waals surface area contributed by atoms with Crippen LogP contribution in [0.5, 0.6) is 0 Å². The van der Waals surface area contributed by atoms with E-state index in [1.54, 1.807) is 0 Å². The summed E-state index contributed by atoms with van der Waals surface area (Å²) in [6.07, 6.45) is 3.89. The van der Waals surface area contributed by atoms with Crippen molar-refractivity contribution in [1.82, 2.24) is 15.1 Å². The zero-order valence-corrected chi connectivity index (χ0v) is 13.9. The van der Waals surface area contributed by atoms with Gasteiger partial charge in [-0.15, -0.1) is 0 Å². The molecule has 0 spiro atoms. The summed E-state index contributed by atoms with van der Waals surface area (Å²) in [4.78, 5) is 16.3. The summed E-state index contributed by atoms with van der Waals surface area (Å²) in [5.41, 5.74) is -0.756. The van der Waals surface area contributed by atoms with Crippen LogP contribution in [0.15, 0.2) is 0 Å². The van der Waals surface area contributed by atoms with Gasteiger partial charge < -0.3 is 14.9 Å². The highest BCUT2D eigenvalue weighted by molar-refractivity contribution is 5.78. The topological polar surface area (TPSA) is 55.8 Å². The van der Waals surface area contributed by atoms with E-state index in [2.05, 4.69) is 36.1 Å². The van der Waals surface area contributed by atoms with Crippen LogP contribution in [0.3, 0.4) is 0 Å². The molecule has 0 aromatic carbocycles. The molecule has 0 bridgehead atoms. The molecular weight excluding hydrogens is 266 g/mol. The van der Waals surface area contributed by atoms with E-state index in [4.69, 9.17) is 0 Å². The predicted octanol–water partition coefficient (Wildman–Crippen LogP) is 1.24. The third kappa shape index (κ3) is 4.41. The van der Waals surface area contributed by atoms with E-state index >= 15 is 0 Å². The van der Waals surface area contributed by atoms with Gasteiger partial charge in [-0.3, -0.25) is 10.1 Å². The van der Waals surface area contributed by atoms with E-state index in [1.165, 1.54) is 0 Å². The Bertz CT molecular complexity index is 371. The highest BCUT2D eigenvalue weighted by Gasteiger charge is 2.38. The van der Waals surface area contributed by atoms with Gasteiger partial charge in [0.1, 0.15) is 5.54 Å². The number of likely N-dealkylation sites (N-methyl/N-ethyl adjacent to an activating group) is 1. The quantitative estimate of drug-likeness (QED) is 0.706. The molecule has 2 fully saturated rings. The summed E-state index contributed by atoms with van der Waals surface area (Å²) in [5.74, 6) is -0.0224. The number of hydrogen-bond acceptors (Lipinski definition) is 4. The van der Waals surface area contributed by atoms with Crippen molar-refractivity contribution < 1.29 is 9.90 Å². The van der Waals surface area contributed by atoms with Crippen LogP contribution >= 0.6 is 0 Å². The standard InChI is InChI=1S/C16H31N3O2/c1-12-10-19(11-14(12)18(3)4)9-5-8-16(2,15(20)21)17-13-6-7-13/h12-14,17H,5-11H2,1-4H3,(H,20,21). The minimum Gasteiger partial charge on any atom is -0.480 e. The molecule has 21 heavy (non-hydrogen) atoms. The highest BCUT2D eigenvalue weighted by atomic mass is 16.4. The molecule has 3 atom stereocenters. The van der Waals surface area contributed by atoms with Gasteiger partial charge in [0.05, 0.1) is 0 Å². The second-order valence-corrected chi connectivity index (χ2v) is 7.43. The van der Waals surface area contributed by atoms with Crippen molar-refractivity contribution >= 4 is 5.97 Å². The molecule has 3 unspecified atom stereocenters. The largest absolute Gasteiger partial charge is 0.480 e. The number of aliphatic carboxylic acids is 1. The van der Waals surface area contributed by atoms with Crippen LogP contribution in [-0.2, 0) is 4.79 Å². The van der Waals surface area contributed by atoms with Gasteiger partial charge in [0.15, 0.2) is 0 Å². The van der Waals surface area contributed by atoms with Gasteiger partial charge in [0, 0.05) is 25.2 Å². The van der Waals surface area contributed by atoms with Crippen LogP contribution in [0.25, 0.3) is 0 Å². The van der Waals surface area contributed by atoms with Crippen LogP contribution in [-0.4, -0.2) is 72.2 Å². The second-order valence-electron chi connectivity index (χ2n) is 7.43. The monoisotopic (exact) mass is 297 g/mol. The Morgan fingerprint density at radius 1 is 1.38 bits per heavy atom. The Labute approximate surface area is 128 Å². The van der Waals surface area contributed by atoms with Crippen LogP contribution < -0.4 is 5.32 Å². The van der Waals surface area contributed by atoms with Gasteiger partial charge in [-0.05, 0) is 59.2 Å². The SMILES string of the molecule is CC1CN(CCCC(C)(NC2CC2)C(=O)O)CC1N(C)C. The van der Waals surface area contributed by atoms with Crippen molar-refractivity contribution in [3.8, 4) is 0 Å². The molecule has 5 nitrogen and oxygen atoms in total. The van der Waals surface area contributed by atoms with Gasteiger partial charge in [0.2, 0.25) is 0 Å². The molecule has 2 aliphatic rings. The minimum absolute atomic E-state index is 0.427. The van der Waals surface area contributed by atoms with E-state index in [-0.39, 0.29) is 0 Å². The third-order valence-corrected chi connectivity index (χ3v) is 5.03. The number of carbonyl (C=O) groups is 1. The van der Waals surface area contributed by atoms with E-state index in [0.29, 0.717) is 24.4 Å². The molecule has 0 aromatic rings. The highest BCUT2D eigenvalue weighted by Crippen LogP contribution is 2.26. The van der Waals surface area contributed by atoms with E-state index in [9.17, 15) is 9.90 Å². The fourth-order valence-electron chi connectivity index (χ4n) is 3.48. The first-order valence-electron chi connectivity index (χ1n) is 8.21. The molecular formula is C16H31N3O2.